The maximum absolute atomic E-state index is 11.8. The Morgan fingerprint density at radius 1 is 1.60 bits per heavy atom. The fourth-order valence-electron chi connectivity index (χ4n) is 1.85. The van der Waals surface area contributed by atoms with E-state index in [0.717, 1.165) is 13.1 Å². The van der Waals surface area contributed by atoms with Crippen molar-refractivity contribution < 1.29 is 9.53 Å². The van der Waals surface area contributed by atoms with Crippen LogP contribution in [0.5, 0.6) is 0 Å². The standard InChI is InChI=1S/C11H22N2O2/c1-4-15-7-9(3)13-11(14)10-6-12-5-8(10)2/h8-10,12H,4-7H2,1-3H3,(H,13,14). The monoisotopic (exact) mass is 214 g/mol. The first-order chi connectivity index (χ1) is 7.15. The van der Waals surface area contributed by atoms with Gasteiger partial charge in [0.15, 0.2) is 0 Å². The molecule has 0 bridgehead atoms. The molecule has 0 aromatic rings. The number of amides is 1. The van der Waals surface area contributed by atoms with Gasteiger partial charge in [-0.2, -0.15) is 0 Å². The van der Waals surface area contributed by atoms with E-state index in [1.165, 1.54) is 0 Å². The van der Waals surface area contributed by atoms with Gasteiger partial charge in [0.05, 0.1) is 12.5 Å². The fourth-order valence-corrected chi connectivity index (χ4v) is 1.85. The Bertz CT molecular complexity index is 209. The molecule has 1 aliphatic rings. The van der Waals surface area contributed by atoms with Crippen LogP contribution in [0.2, 0.25) is 0 Å². The summed E-state index contributed by atoms with van der Waals surface area (Å²) < 4.78 is 5.26. The van der Waals surface area contributed by atoms with Crippen molar-refractivity contribution in [1.29, 1.82) is 0 Å². The molecule has 1 amide bonds. The van der Waals surface area contributed by atoms with E-state index >= 15 is 0 Å². The predicted octanol–water partition coefficient (Wildman–Crippen LogP) is 0.383. The molecule has 1 aliphatic heterocycles. The largest absolute Gasteiger partial charge is 0.380 e. The Morgan fingerprint density at radius 2 is 2.33 bits per heavy atom. The molecule has 88 valence electrons. The van der Waals surface area contributed by atoms with Gasteiger partial charge in [0, 0.05) is 19.2 Å². The molecule has 0 aromatic carbocycles. The third-order valence-corrected chi connectivity index (χ3v) is 2.81. The number of ether oxygens (including phenoxy) is 1. The van der Waals surface area contributed by atoms with Gasteiger partial charge in [0.2, 0.25) is 5.91 Å². The summed E-state index contributed by atoms with van der Waals surface area (Å²) >= 11 is 0. The van der Waals surface area contributed by atoms with Gasteiger partial charge in [-0.1, -0.05) is 6.92 Å². The van der Waals surface area contributed by atoms with Gasteiger partial charge in [-0.25, -0.2) is 0 Å². The van der Waals surface area contributed by atoms with Crippen LogP contribution < -0.4 is 10.6 Å². The molecule has 0 aromatic heterocycles. The molecule has 0 spiro atoms. The van der Waals surface area contributed by atoms with E-state index in [1.54, 1.807) is 0 Å². The average Bonchev–Trinajstić information content (AvgIpc) is 2.61. The molecule has 1 saturated heterocycles. The summed E-state index contributed by atoms with van der Waals surface area (Å²) in [7, 11) is 0. The maximum Gasteiger partial charge on any atom is 0.225 e. The minimum Gasteiger partial charge on any atom is -0.380 e. The molecule has 4 heteroatoms. The first kappa shape index (κ1) is 12.5. The fraction of sp³-hybridized carbons (Fsp3) is 0.909. The van der Waals surface area contributed by atoms with Crippen molar-refractivity contribution in [2.75, 3.05) is 26.3 Å². The average molecular weight is 214 g/mol. The lowest BCUT2D eigenvalue weighted by Crippen LogP contribution is -2.41. The Hall–Kier alpha value is -0.610. The van der Waals surface area contributed by atoms with E-state index < -0.39 is 0 Å². The molecule has 0 aliphatic carbocycles. The number of carbonyl (C=O) groups excluding carboxylic acids is 1. The molecule has 1 rings (SSSR count). The lowest BCUT2D eigenvalue weighted by Gasteiger charge is -2.18. The first-order valence-electron chi connectivity index (χ1n) is 5.74. The first-order valence-corrected chi connectivity index (χ1v) is 5.74. The van der Waals surface area contributed by atoms with Crippen LogP contribution >= 0.6 is 0 Å². The van der Waals surface area contributed by atoms with Crippen molar-refractivity contribution in [3.05, 3.63) is 0 Å². The minimum absolute atomic E-state index is 0.102. The highest BCUT2D eigenvalue weighted by Crippen LogP contribution is 2.15. The number of hydrogen-bond acceptors (Lipinski definition) is 3. The van der Waals surface area contributed by atoms with Crippen LogP contribution in [-0.4, -0.2) is 38.3 Å². The van der Waals surface area contributed by atoms with Gasteiger partial charge in [0.25, 0.3) is 0 Å². The van der Waals surface area contributed by atoms with E-state index in [0.29, 0.717) is 19.1 Å². The molecule has 15 heavy (non-hydrogen) atoms. The highest BCUT2D eigenvalue weighted by atomic mass is 16.5. The van der Waals surface area contributed by atoms with Gasteiger partial charge in [0.1, 0.15) is 0 Å². The Labute approximate surface area is 91.8 Å². The molecular weight excluding hydrogens is 192 g/mol. The SMILES string of the molecule is CCOCC(C)NC(=O)C1CNCC1C. The van der Waals surface area contributed by atoms with Crippen LogP contribution in [-0.2, 0) is 9.53 Å². The predicted molar refractivity (Wildman–Crippen MR) is 59.6 cm³/mol. The number of rotatable bonds is 5. The summed E-state index contributed by atoms with van der Waals surface area (Å²) in [4.78, 5) is 11.8. The lowest BCUT2D eigenvalue weighted by atomic mass is 9.97. The van der Waals surface area contributed by atoms with Crippen LogP contribution in [0.25, 0.3) is 0 Å². The third kappa shape index (κ3) is 3.80. The highest BCUT2D eigenvalue weighted by Gasteiger charge is 2.29. The van der Waals surface area contributed by atoms with Crippen LogP contribution in [0.1, 0.15) is 20.8 Å². The number of hydrogen-bond donors (Lipinski definition) is 2. The lowest BCUT2D eigenvalue weighted by molar-refractivity contribution is -0.126. The third-order valence-electron chi connectivity index (χ3n) is 2.81. The van der Waals surface area contributed by atoms with Crippen LogP contribution in [0.15, 0.2) is 0 Å². The molecular formula is C11H22N2O2. The summed E-state index contributed by atoms with van der Waals surface area (Å²) in [6.07, 6.45) is 0. The maximum atomic E-state index is 11.8. The van der Waals surface area contributed by atoms with Crippen LogP contribution in [0, 0.1) is 11.8 Å². The van der Waals surface area contributed by atoms with Gasteiger partial charge >= 0.3 is 0 Å². The van der Waals surface area contributed by atoms with Crippen molar-refractivity contribution in [3.63, 3.8) is 0 Å². The minimum atomic E-state index is 0.102. The van der Waals surface area contributed by atoms with E-state index in [2.05, 4.69) is 17.6 Å². The summed E-state index contributed by atoms with van der Waals surface area (Å²) in [5.74, 6) is 0.707. The molecule has 1 fully saturated rings. The summed E-state index contributed by atoms with van der Waals surface area (Å²) in [5, 5.41) is 6.21. The van der Waals surface area contributed by atoms with Crippen molar-refractivity contribution in [3.8, 4) is 0 Å². The van der Waals surface area contributed by atoms with E-state index in [4.69, 9.17) is 4.74 Å². The summed E-state index contributed by atoms with van der Waals surface area (Å²) in [5.41, 5.74) is 0. The van der Waals surface area contributed by atoms with Crippen LogP contribution in [0.3, 0.4) is 0 Å². The van der Waals surface area contributed by atoms with Crippen molar-refractivity contribution >= 4 is 5.91 Å². The molecule has 1 heterocycles. The summed E-state index contributed by atoms with van der Waals surface area (Å²) in [6, 6.07) is 0.102. The van der Waals surface area contributed by atoms with Gasteiger partial charge < -0.3 is 15.4 Å². The molecule has 3 unspecified atom stereocenters. The number of nitrogens with one attached hydrogen (secondary N) is 2. The summed E-state index contributed by atoms with van der Waals surface area (Å²) in [6.45, 7) is 9.07. The van der Waals surface area contributed by atoms with Gasteiger partial charge in [-0.05, 0) is 26.3 Å². The zero-order valence-electron chi connectivity index (χ0n) is 9.88. The Kier molecular flexibility index (Phi) is 5.05. The van der Waals surface area contributed by atoms with E-state index in [1.807, 2.05) is 13.8 Å². The second-order valence-corrected chi connectivity index (χ2v) is 4.31. The smallest absolute Gasteiger partial charge is 0.225 e. The second-order valence-electron chi connectivity index (χ2n) is 4.31. The Morgan fingerprint density at radius 3 is 2.87 bits per heavy atom. The van der Waals surface area contributed by atoms with Crippen molar-refractivity contribution in [2.45, 2.75) is 26.8 Å². The van der Waals surface area contributed by atoms with E-state index in [-0.39, 0.29) is 17.9 Å². The molecule has 2 N–H and O–H groups in total. The van der Waals surface area contributed by atoms with Gasteiger partial charge in [-0.15, -0.1) is 0 Å². The Balaban J connectivity index is 2.28. The molecule has 0 radical (unpaired) electrons. The van der Waals surface area contributed by atoms with Gasteiger partial charge in [-0.3, -0.25) is 4.79 Å². The molecule has 3 atom stereocenters. The van der Waals surface area contributed by atoms with E-state index in [9.17, 15) is 4.79 Å². The van der Waals surface area contributed by atoms with Crippen molar-refractivity contribution in [1.82, 2.24) is 10.6 Å². The second kappa shape index (κ2) is 6.08. The zero-order valence-corrected chi connectivity index (χ0v) is 9.88. The highest BCUT2D eigenvalue weighted by molar-refractivity contribution is 5.79. The number of carbonyl (C=O) groups is 1. The quantitative estimate of drug-likeness (QED) is 0.696. The molecule has 4 nitrogen and oxygen atoms in total. The van der Waals surface area contributed by atoms with Crippen molar-refractivity contribution in [2.24, 2.45) is 11.8 Å². The topological polar surface area (TPSA) is 50.4 Å². The molecule has 0 saturated carbocycles. The van der Waals surface area contributed by atoms with Crippen LogP contribution in [0.4, 0.5) is 0 Å². The zero-order chi connectivity index (χ0) is 11.3. The normalized spacial score (nSPS) is 27.7.